The molecule has 92 valence electrons. The van der Waals surface area contributed by atoms with Gasteiger partial charge in [-0.1, -0.05) is 0 Å². The molecular formula is C13H14N4O. The van der Waals surface area contributed by atoms with Crippen molar-refractivity contribution in [2.24, 2.45) is 5.73 Å². The molecule has 3 N–H and O–H groups in total. The molecule has 0 unspecified atom stereocenters. The van der Waals surface area contributed by atoms with Crippen LogP contribution in [0.1, 0.15) is 16.1 Å². The minimum absolute atomic E-state index is 0.268. The van der Waals surface area contributed by atoms with Crippen LogP contribution in [-0.4, -0.2) is 22.4 Å². The molecule has 2 rings (SSSR count). The summed E-state index contributed by atoms with van der Waals surface area (Å²) in [6, 6.07) is 7.40. The maximum absolute atomic E-state index is 11.0. The van der Waals surface area contributed by atoms with Gasteiger partial charge in [0, 0.05) is 30.8 Å². The highest BCUT2D eigenvalue weighted by molar-refractivity contribution is 5.91. The van der Waals surface area contributed by atoms with Crippen LogP contribution in [0.2, 0.25) is 0 Å². The van der Waals surface area contributed by atoms with E-state index in [9.17, 15) is 4.79 Å². The molecule has 0 saturated heterocycles. The van der Waals surface area contributed by atoms with Crippen molar-refractivity contribution < 1.29 is 4.79 Å². The number of nitrogens with two attached hydrogens (primary N) is 1. The van der Waals surface area contributed by atoms with Gasteiger partial charge >= 0.3 is 0 Å². The van der Waals surface area contributed by atoms with Crippen molar-refractivity contribution >= 4 is 11.6 Å². The minimum atomic E-state index is -0.521. The van der Waals surface area contributed by atoms with E-state index in [1.165, 1.54) is 5.56 Å². The zero-order valence-corrected chi connectivity index (χ0v) is 9.84. The van der Waals surface area contributed by atoms with E-state index >= 15 is 0 Å². The van der Waals surface area contributed by atoms with Crippen LogP contribution >= 0.6 is 0 Å². The molecule has 0 atom stereocenters. The summed E-state index contributed by atoms with van der Waals surface area (Å²) in [5.41, 5.74) is 7.48. The van der Waals surface area contributed by atoms with Gasteiger partial charge in [0.1, 0.15) is 5.69 Å². The highest BCUT2D eigenvalue weighted by Crippen LogP contribution is 2.08. The van der Waals surface area contributed by atoms with Gasteiger partial charge in [-0.3, -0.25) is 14.8 Å². The van der Waals surface area contributed by atoms with Crippen LogP contribution in [0.5, 0.6) is 0 Å². The second kappa shape index (κ2) is 5.77. The van der Waals surface area contributed by atoms with E-state index in [-0.39, 0.29) is 5.69 Å². The van der Waals surface area contributed by atoms with Crippen LogP contribution in [0.4, 0.5) is 5.69 Å². The number of pyridine rings is 2. The van der Waals surface area contributed by atoms with Crippen LogP contribution in [0, 0.1) is 0 Å². The first kappa shape index (κ1) is 12.0. The number of amides is 1. The average molecular weight is 242 g/mol. The van der Waals surface area contributed by atoms with Crippen molar-refractivity contribution in [3.05, 3.63) is 54.1 Å². The second-order valence-corrected chi connectivity index (χ2v) is 3.83. The van der Waals surface area contributed by atoms with Crippen molar-refractivity contribution in [3.8, 4) is 0 Å². The first-order valence-electron chi connectivity index (χ1n) is 5.64. The van der Waals surface area contributed by atoms with Gasteiger partial charge in [0.2, 0.25) is 0 Å². The molecule has 2 aromatic heterocycles. The van der Waals surface area contributed by atoms with E-state index in [1.54, 1.807) is 30.7 Å². The lowest BCUT2D eigenvalue weighted by Crippen LogP contribution is -2.13. The van der Waals surface area contributed by atoms with Crippen molar-refractivity contribution in [2.45, 2.75) is 6.42 Å². The summed E-state index contributed by atoms with van der Waals surface area (Å²) in [6.45, 7) is 0.770. The van der Waals surface area contributed by atoms with Crippen LogP contribution in [0.15, 0.2) is 42.9 Å². The molecule has 5 nitrogen and oxygen atoms in total. The van der Waals surface area contributed by atoms with Crippen LogP contribution in [0.3, 0.4) is 0 Å². The van der Waals surface area contributed by atoms with Crippen LogP contribution < -0.4 is 11.1 Å². The molecule has 0 fully saturated rings. The summed E-state index contributed by atoms with van der Waals surface area (Å²) >= 11 is 0. The topological polar surface area (TPSA) is 80.9 Å². The Hall–Kier alpha value is -2.43. The summed E-state index contributed by atoms with van der Waals surface area (Å²) in [4.78, 5) is 18.8. The standard InChI is InChI=1S/C13H14N4O/c14-13(18)12-9-11(4-8-17-12)16-7-3-10-1-5-15-6-2-10/h1-2,4-6,8-9H,3,7H2,(H2,14,18)(H,16,17). The number of nitrogens with zero attached hydrogens (tertiary/aromatic N) is 2. The third-order valence-electron chi connectivity index (χ3n) is 2.50. The Labute approximate surface area is 105 Å². The Morgan fingerprint density at radius 1 is 1.22 bits per heavy atom. The third-order valence-corrected chi connectivity index (χ3v) is 2.50. The van der Waals surface area contributed by atoms with E-state index in [2.05, 4.69) is 15.3 Å². The third kappa shape index (κ3) is 3.28. The molecule has 0 aliphatic carbocycles. The molecule has 18 heavy (non-hydrogen) atoms. The lowest BCUT2D eigenvalue weighted by molar-refractivity contribution is 0.0995. The fourth-order valence-electron chi connectivity index (χ4n) is 1.58. The molecule has 0 aliphatic heterocycles. The maximum atomic E-state index is 11.0. The number of primary amides is 1. The molecule has 0 aromatic carbocycles. The number of aromatic nitrogens is 2. The molecule has 1 amide bonds. The van der Waals surface area contributed by atoms with Crippen molar-refractivity contribution in [1.82, 2.24) is 9.97 Å². The zero-order valence-electron chi connectivity index (χ0n) is 9.84. The van der Waals surface area contributed by atoms with E-state index in [4.69, 9.17) is 5.73 Å². The second-order valence-electron chi connectivity index (χ2n) is 3.83. The summed E-state index contributed by atoms with van der Waals surface area (Å²) in [5, 5.41) is 3.22. The SMILES string of the molecule is NC(=O)c1cc(NCCc2ccncc2)ccn1. The van der Waals surface area contributed by atoms with E-state index in [0.717, 1.165) is 18.7 Å². The van der Waals surface area contributed by atoms with Gasteiger partial charge in [0.25, 0.3) is 5.91 Å². The molecule has 2 heterocycles. The van der Waals surface area contributed by atoms with Gasteiger partial charge in [0.15, 0.2) is 0 Å². The number of hydrogen-bond acceptors (Lipinski definition) is 4. The number of carbonyl (C=O) groups excluding carboxylic acids is 1. The zero-order chi connectivity index (χ0) is 12.8. The summed E-state index contributed by atoms with van der Waals surface area (Å²) in [7, 11) is 0. The van der Waals surface area contributed by atoms with Crippen molar-refractivity contribution in [2.75, 3.05) is 11.9 Å². The lowest BCUT2D eigenvalue weighted by Gasteiger charge is -2.06. The highest BCUT2D eigenvalue weighted by atomic mass is 16.1. The Bertz CT molecular complexity index is 528. The predicted octanol–water partition coefficient (Wildman–Crippen LogP) is 1.23. The Balaban J connectivity index is 1.90. The van der Waals surface area contributed by atoms with Gasteiger partial charge in [0.05, 0.1) is 0 Å². The molecule has 2 aromatic rings. The Morgan fingerprint density at radius 3 is 2.72 bits per heavy atom. The van der Waals surface area contributed by atoms with Crippen LogP contribution in [0.25, 0.3) is 0 Å². The summed E-state index contributed by atoms with van der Waals surface area (Å²) < 4.78 is 0. The van der Waals surface area contributed by atoms with Crippen molar-refractivity contribution in [3.63, 3.8) is 0 Å². The van der Waals surface area contributed by atoms with Gasteiger partial charge in [-0.2, -0.15) is 0 Å². The molecule has 5 heteroatoms. The minimum Gasteiger partial charge on any atom is -0.385 e. The van der Waals surface area contributed by atoms with Gasteiger partial charge in [-0.05, 0) is 36.2 Å². The molecule has 0 aliphatic rings. The van der Waals surface area contributed by atoms with Crippen molar-refractivity contribution in [1.29, 1.82) is 0 Å². The monoisotopic (exact) mass is 242 g/mol. The largest absolute Gasteiger partial charge is 0.385 e. The number of rotatable bonds is 5. The quantitative estimate of drug-likeness (QED) is 0.826. The average Bonchev–Trinajstić information content (AvgIpc) is 2.40. The Morgan fingerprint density at radius 2 is 2.00 bits per heavy atom. The predicted molar refractivity (Wildman–Crippen MR) is 69.2 cm³/mol. The maximum Gasteiger partial charge on any atom is 0.267 e. The normalized spacial score (nSPS) is 10.0. The fraction of sp³-hybridized carbons (Fsp3) is 0.154. The smallest absolute Gasteiger partial charge is 0.267 e. The summed E-state index contributed by atoms with van der Waals surface area (Å²) in [5.74, 6) is -0.521. The lowest BCUT2D eigenvalue weighted by atomic mass is 10.2. The van der Waals surface area contributed by atoms with Gasteiger partial charge < -0.3 is 11.1 Å². The van der Waals surface area contributed by atoms with E-state index < -0.39 is 5.91 Å². The highest BCUT2D eigenvalue weighted by Gasteiger charge is 2.02. The van der Waals surface area contributed by atoms with E-state index in [0.29, 0.717) is 0 Å². The molecular weight excluding hydrogens is 228 g/mol. The Kier molecular flexibility index (Phi) is 3.86. The molecule has 0 saturated carbocycles. The number of anilines is 1. The summed E-state index contributed by atoms with van der Waals surface area (Å²) in [6.07, 6.45) is 5.99. The number of hydrogen-bond donors (Lipinski definition) is 2. The molecule has 0 radical (unpaired) electrons. The van der Waals surface area contributed by atoms with Crippen LogP contribution in [-0.2, 0) is 6.42 Å². The van der Waals surface area contributed by atoms with E-state index in [1.807, 2.05) is 12.1 Å². The molecule has 0 bridgehead atoms. The first-order chi connectivity index (χ1) is 8.75. The number of carbonyl (C=O) groups is 1. The van der Waals surface area contributed by atoms with Gasteiger partial charge in [-0.25, -0.2) is 0 Å². The fourth-order valence-corrected chi connectivity index (χ4v) is 1.58. The number of nitrogens with one attached hydrogen (secondary N) is 1. The first-order valence-corrected chi connectivity index (χ1v) is 5.64. The van der Waals surface area contributed by atoms with Gasteiger partial charge in [-0.15, -0.1) is 0 Å². The molecule has 0 spiro atoms.